The number of carbonyl (C=O) groups is 1. The highest BCUT2D eigenvalue weighted by Crippen LogP contribution is 2.40. The van der Waals surface area contributed by atoms with Crippen molar-refractivity contribution in [2.24, 2.45) is 0 Å². The summed E-state index contributed by atoms with van der Waals surface area (Å²) in [7, 11) is 1.39. The van der Waals surface area contributed by atoms with Gasteiger partial charge in [0.15, 0.2) is 0 Å². The number of esters is 1. The molecular formula is C13H13NO2S. The number of fused-ring (bicyclic) bond motifs is 1. The van der Waals surface area contributed by atoms with E-state index < -0.39 is 0 Å². The molecule has 1 unspecified atom stereocenters. The third kappa shape index (κ3) is 2.03. The number of hydrogen-bond acceptors (Lipinski definition) is 4. The zero-order valence-corrected chi connectivity index (χ0v) is 10.6. The summed E-state index contributed by atoms with van der Waals surface area (Å²) in [6, 6.07) is 6.14. The van der Waals surface area contributed by atoms with Crippen LogP contribution < -0.4 is 0 Å². The van der Waals surface area contributed by atoms with Crippen LogP contribution in [0.3, 0.4) is 0 Å². The van der Waals surface area contributed by atoms with Crippen molar-refractivity contribution in [1.29, 1.82) is 5.26 Å². The topological polar surface area (TPSA) is 50.1 Å². The first-order valence-corrected chi connectivity index (χ1v) is 6.47. The number of hydrogen-bond donors (Lipinski definition) is 0. The number of aryl methyl sites for hydroxylation is 1. The van der Waals surface area contributed by atoms with E-state index in [1.165, 1.54) is 7.11 Å². The minimum atomic E-state index is -0.300. The third-order valence-corrected chi connectivity index (χ3v) is 4.12. The van der Waals surface area contributed by atoms with Crippen molar-refractivity contribution >= 4 is 17.7 Å². The molecule has 0 saturated carbocycles. The number of thioether (sulfide) groups is 1. The molecule has 1 aliphatic heterocycles. The summed E-state index contributed by atoms with van der Waals surface area (Å²) >= 11 is 1.63. The second-order valence-corrected chi connectivity index (χ2v) is 4.95. The van der Waals surface area contributed by atoms with E-state index in [1.807, 2.05) is 19.1 Å². The van der Waals surface area contributed by atoms with E-state index in [9.17, 15) is 4.79 Å². The van der Waals surface area contributed by atoms with Gasteiger partial charge in [-0.25, -0.2) is 4.79 Å². The van der Waals surface area contributed by atoms with Gasteiger partial charge >= 0.3 is 5.97 Å². The van der Waals surface area contributed by atoms with Gasteiger partial charge < -0.3 is 4.74 Å². The molecule has 3 nitrogen and oxygen atoms in total. The summed E-state index contributed by atoms with van der Waals surface area (Å²) in [6.07, 6.45) is 0.764. The number of rotatable bonds is 2. The molecule has 1 aromatic carbocycles. The van der Waals surface area contributed by atoms with Crippen molar-refractivity contribution in [3.8, 4) is 6.07 Å². The van der Waals surface area contributed by atoms with Gasteiger partial charge in [0.05, 0.1) is 24.7 Å². The number of nitriles is 1. The largest absolute Gasteiger partial charge is 0.465 e. The van der Waals surface area contributed by atoms with Gasteiger partial charge in [0.1, 0.15) is 0 Å². The van der Waals surface area contributed by atoms with Gasteiger partial charge in [0, 0.05) is 10.6 Å². The van der Waals surface area contributed by atoms with Gasteiger partial charge in [-0.2, -0.15) is 5.26 Å². The van der Waals surface area contributed by atoms with Crippen LogP contribution in [0.4, 0.5) is 0 Å². The Bertz CT molecular complexity index is 505. The summed E-state index contributed by atoms with van der Waals surface area (Å²) in [5.74, 6) is 0.428. The number of methoxy groups -OCH3 is 1. The van der Waals surface area contributed by atoms with E-state index in [4.69, 9.17) is 10.00 Å². The van der Waals surface area contributed by atoms with Crippen LogP contribution in [0.5, 0.6) is 0 Å². The predicted octanol–water partition coefficient (Wildman–Crippen LogP) is 2.75. The van der Waals surface area contributed by atoms with E-state index in [2.05, 4.69) is 6.07 Å². The van der Waals surface area contributed by atoms with E-state index in [0.29, 0.717) is 5.56 Å². The lowest BCUT2D eigenvalue weighted by molar-refractivity contribution is 0.0599. The van der Waals surface area contributed by atoms with Gasteiger partial charge in [-0.3, -0.25) is 0 Å². The standard InChI is InChI=1S/C13H13NO2S/c1-3-8-4-10-9(6-14)7-17-12(10)5-11(8)13(15)16-2/h4-5,9H,3,7H2,1-2H3. The predicted molar refractivity (Wildman–Crippen MR) is 66.2 cm³/mol. The number of benzene rings is 1. The first-order chi connectivity index (χ1) is 8.21. The highest BCUT2D eigenvalue weighted by Gasteiger charge is 2.26. The molecule has 0 spiro atoms. The van der Waals surface area contributed by atoms with E-state index in [-0.39, 0.29) is 11.9 Å². The Morgan fingerprint density at radius 1 is 1.65 bits per heavy atom. The monoisotopic (exact) mass is 247 g/mol. The zero-order valence-electron chi connectivity index (χ0n) is 9.82. The quantitative estimate of drug-likeness (QED) is 0.754. The van der Waals surface area contributed by atoms with Crippen LogP contribution in [0.15, 0.2) is 17.0 Å². The summed E-state index contributed by atoms with van der Waals surface area (Å²) in [5.41, 5.74) is 2.64. The number of ether oxygens (including phenoxy) is 1. The molecule has 0 N–H and O–H groups in total. The highest BCUT2D eigenvalue weighted by atomic mass is 32.2. The van der Waals surface area contributed by atoms with E-state index >= 15 is 0 Å². The first-order valence-electron chi connectivity index (χ1n) is 5.48. The van der Waals surface area contributed by atoms with Crippen molar-refractivity contribution in [3.05, 3.63) is 28.8 Å². The normalized spacial score (nSPS) is 17.4. The van der Waals surface area contributed by atoms with Crippen molar-refractivity contribution in [1.82, 2.24) is 0 Å². The van der Waals surface area contributed by atoms with Crippen LogP contribution in [-0.4, -0.2) is 18.8 Å². The summed E-state index contributed by atoms with van der Waals surface area (Å²) in [6.45, 7) is 2.00. The molecule has 0 fully saturated rings. The zero-order chi connectivity index (χ0) is 12.4. The molecule has 2 rings (SSSR count). The first kappa shape index (κ1) is 12.0. The van der Waals surface area contributed by atoms with Crippen LogP contribution in [0.1, 0.15) is 34.3 Å². The SMILES string of the molecule is CCc1cc2c(cc1C(=O)OC)SCC2C#N. The highest BCUT2D eigenvalue weighted by molar-refractivity contribution is 7.99. The van der Waals surface area contributed by atoms with Crippen LogP contribution >= 0.6 is 11.8 Å². The lowest BCUT2D eigenvalue weighted by Crippen LogP contribution is -2.06. The molecule has 0 aromatic heterocycles. The fourth-order valence-electron chi connectivity index (χ4n) is 2.00. The average Bonchev–Trinajstić information content (AvgIpc) is 2.78. The van der Waals surface area contributed by atoms with Crippen LogP contribution in [0.25, 0.3) is 0 Å². The third-order valence-electron chi connectivity index (χ3n) is 2.96. The summed E-state index contributed by atoms with van der Waals surface area (Å²) in [5, 5.41) is 9.05. The maximum Gasteiger partial charge on any atom is 0.338 e. The minimum absolute atomic E-state index is 0.0491. The molecule has 0 amide bonds. The molecular weight excluding hydrogens is 234 g/mol. The van der Waals surface area contributed by atoms with Gasteiger partial charge in [-0.15, -0.1) is 11.8 Å². The number of carbonyl (C=O) groups excluding carboxylic acids is 1. The maximum atomic E-state index is 11.6. The van der Waals surface area contributed by atoms with E-state index in [1.54, 1.807) is 11.8 Å². The van der Waals surface area contributed by atoms with Gasteiger partial charge in [0.2, 0.25) is 0 Å². The molecule has 0 aliphatic carbocycles. The average molecular weight is 247 g/mol. The van der Waals surface area contributed by atoms with Crippen molar-refractivity contribution in [2.75, 3.05) is 12.9 Å². The molecule has 0 saturated heterocycles. The van der Waals surface area contributed by atoms with E-state index in [0.717, 1.165) is 28.2 Å². The Hall–Kier alpha value is -1.47. The van der Waals surface area contributed by atoms with Crippen molar-refractivity contribution in [3.63, 3.8) is 0 Å². The Morgan fingerprint density at radius 3 is 3.00 bits per heavy atom. The molecule has 1 atom stereocenters. The maximum absolute atomic E-state index is 11.6. The van der Waals surface area contributed by atoms with Crippen LogP contribution in [0, 0.1) is 11.3 Å². The van der Waals surface area contributed by atoms with Crippen molar-refractivity contribution < 1.29 is 9.53 Å². The Labute approximate surface area is 105 Å². The lowest BCUT2D eigenvalue weighted by Gasteiger charge is -2.09. The Morgan fingerprint density at radius 2 is 2.41 bits per heavy atom. The van der Waals surface area contributed by atoms with Crippen LogP contribution in [-0.2, 0) is 11.2 Å². The molecule has 4 heteroatoms. The lowest BCUT2D eigenvalue weighted by atomic mass is 9.96. The Kier molecular flexibility index (Phi) is 3.39. The molecule has 1 aromatic rings. The molecule has 1 aliphatic rings. The fraction of sp³-hybridized carbons (Fsp3) is 0.385. The van der Waals surface area contributed by atoms with Gasteiger partial charge in [-0.05, 0) is 23.6 Å². The minimum Gasteiger partial charge on any atom is -0.465 e. The fourth-order valence-corrected chi connectivity index (χ4v) is 3.17. The molecule has 88 valence electrons. The molecule has 1 heterocycles. The number of nitrogens with zero attached hydrogens (tertiary/aromatic N) is 1. The Balaban J connectivity index is 2.52. The summed E-state index contributed by atoms with van der Waals surface area (Å²) < 4.78 is 4.78. The van der Waals surface area contributed by atoms with Crippen molar-refractivity contribution in [2.45, 2.75) is 24.2 Å². The summed E-state index contributed by atoms with van der Waals surface area (Å²) in [4.78, 5) is 12.7. The van der Waals surface area contributed by atoms with Gasteiger partial charge in [-0.1, -0.05) is 13.0 Å². The second kappa shape index (κ2) is 4.80. The van der Waals surface area contributed by atoms with Gasteiger partial charge in [0.25, 0.3) is 0 Å². The molecule has 17 heavy (non-hydrogen) atoms. The van der Waals surface area contributed by atoms with Crippen LogP contribution in [0.2, 0.25) is 0 Å². The molecule has 0 bridgehead atoms. The second-order valence-electron chi connectivity index (χ2n) is 3.89. The smallest absolute Gasteiger partial charge is 0.338 e. The molecule has 0 radical (unpaired) electrons.